The largest absolute Gasteiger partial charge is 0.495 e. The van der Waals surface area contributed by atoms with Gasteiger partial charge < -0.3 is 20.7 Å². The van der Waals surface area contributed by atoms with Crippen molar-refractivity contribution in [3.8, 4) is 5.75 Å². The Balaban J connectivity index is 2.81. The smallest absolute Gasteiger partial charge is 0.321 e. The third kappa shape index (κ3) is 5.27. The molecule has 1 aromatic carbocycles. The molecule has 0 heterocycles. The van der Waals surface area contributed by atoms with Crippen molar-refractivity contribution in [2.45, 2.75) is 27.2 Å². The van der Waals surface area contributed by atoms with Gasteiger partial charge in [-0.15, -0.1) is 0 Å². The number of carbonyl (C=O) groups excluding carboxylic acids is 1. The summed E-state index contributed by atoms with van der Waals surface area (Å²) < 4.78 is 5.25. The lowest BCUT2D eigenvalue weighted by Gasteiger charge is -2.31. The molecule has 0 bridgehead atoms. The summed E-state index contributed by atoms with van der Waals surface area (Å²) in [5.74, 6) is 0.653. The first-order valence-corrected chi connectivity index (χ1v) is 7.32. The molecule has 0 unspecified atom stereocenters. The molecule has 0 aromatic heterocycles. The number of methoxy groups -OCH3 is 1. The van der Waals surface area contributed by atoms with Crippen molar-refractivity contribution < 1.29 is 9.53 Å². The molecule has 5 nitrogen and oxygen atoms in total. The number of amides is 2. The monoisotopic (exact) mass is 293 g/mol. The van der Waals surface area contributed by atoms with Crippen LogP contribution in [0.4, 0.5) is 10.5 Å². The van der Waals surface area contributed by atoms with Gasteiger partial charge in [0, 0.05) is 13.1 Å². The van der Waals surface area contributed by atoms with E-state index >= 15 is 0 Å². The van der Waals surface area contributed by atoms with Crippen LogP contribution in [0.1, 0.15) is 27.2 Å². The maximum atomic E-state index is 12.5. The van der Waals surface area contributed by atoms with E-state index in [-0.39, 0.29) is 11.4 Å². The zero-order chi connectivity index (χ0) is 15.9. The van der Waals surface area contributed by atoms with Crippen LogP contribution in [-0.2, 0) is 0 Å². The maximum absolute atomic E-state index is 12.5. The topological polar surface area (TPSA) is 67.6 Å². The Morgan fingerprint density at radius 1 is 1.38 bits per heavy atom. The van der Waals surface area contributed by atoms with Crippen molar-refractivity contribution in [1.29, 1.82) is 0 Å². The highest BCUT2D eigenvalue weighted by atomic mass is 16.5. The molecule has 0 atom stereocenters. The number of nitrogens with one attached hydrogen (secondary N) is 1. The summed E-state index contributed by atoms with van der Waals surface area (Å²) in [6, 6.07) is 7.27. The Bertz CT molecular complexity index is 461. The number of hydrogen-bond donors (Lipinski definition) is 2. The van der Waals surface area contributed by atoms with E-state index < -0.39 is 0 Å². The highest BCUT2D eigenvalue weighted by molar-refractivity contribution is 5.91. The Kier molecular flexibility index (Phi) is 6.49. The van der Waals surface area contributed by atoms with Crippen LogP contribution >= 0.6 is 0 Å². The molecule has 3 N–H and O–H groups in total. The number of hydrogen-bond acceptors (Lipinski definition) is 3. The third-order valence-corrected chi connectivity index (χ3v) is 3.30. The van der Waals surface area contributed by atoms with Crippen molar-refractivity contribution in [3.05, 3.63) is 24.3 Å². The van der Waals surface area contributed by atoms with E-state index in [1.807, 2.05) is 24.3 Å². The second-order valence-corrected chi connectivity index (χ2v) is 5.92. The zero-order valence-corrected chi connectivity index (χ0v) is 13.5. The first kappa shape index (κ1) is 17.3. The van der Waals surface area contributed by atoms with E-state index in [1.165, 1.54) is 0 Å². The highest BCUT2D eigenvalue weighted by Crippen LogP contribution is 2.24. The average molecular weight is 293 g/mol. The first-order chi connectivity index (χ1) is 9.93. The molecule has 0 saturated heterocycles. The van der Waals surface area contributed by atoms with E-state index in [4.69, 9.17) is 10.5 Å². The number of anilines is 1. The SMILES string of the molecule is CCCN(CC(C)(C)CN)C(=O)Nc1ccccc1OC. The highest BCUT2D eigenvalue weighted by Gasteiger charge is 2.23. The van der Waals surface area contributed by atoms with Gasteiger partial charge in [-0.1, -0.05) is 32.9 Å². The number of rotatable bonds is 7. The van der Waals surface area contributed by atoms with Crippen LogP contribution in [0.5, 0.6) is 5.75 Å². The molecule has 0 radical (unpaired) electrons. The van der Waals surface area contributed by atoms with E-state index in [0.717, 1.165) is 6.42 Å². The fraction of sp³-hybridized carbons (Fsp3) is 0.562. The van der Waals surface area contributed by atoms with Gasteiger partial charge in [-0.25, -0.2) is 4.79 Å². The van der Waals surface area contributed by atoms with Crippen molar-refractivity contribution in [2.24, 2.45) is 11.1 Å². The lowest BCUT2D eigenvalue weighted by Crippen LogP contribution is -2.44. The van der Waals surface area contributed by atoms with Gasteiger partial charge >= 0.3 is 6.03 Å². The number of para-hydroxylation sites is 2. The number of carbonyl (C=O) groups is 1. The van der Waals surface area contributed by atoms with E-state index in [1.54, 1.807) is 12.0 Å². The standard InChI is InChI=1S/C16H27N3O2/c1-5-10-19(12-16(2,3)11-17)15(20)18-13-8-6-7-9-14(13)21-4/h6-9H,5,10-12,17H2,1-4H3,(H,18,20). The van der Waals surface area contributed by atoms with Crippen LogP contribution in [0.15, 0.2) is 24.3 Å². The normalized spacial score (nSPS) is 11.1. The Morgan fingerprint density at radius 3 is 2.62 bits per heavy atom. The number of nitrogens with zero attached hydrogens (tertiary/aromatic N) is 1. The fourth-order valence-corrected chi connectivity index (χ4v) is 2.05. The van der Waals surface area contributed by atoms with Gasteiger partial charge in [0.25, 0.3) is 0 Å². The first-order valence-electron chi connectivity index (χ1n) is 7.32. The number of ether oxygens (including phenoxy) is 1. The maximum Gasteiger partial charge on any atom is 0.321 e. The summed E-state index contributed by atoms with van der Waals surface area (Å²) in [4.78, 5) is 14.3. The molecular weight excluding hydrogens is 266 g/mol. The third-order valence-electron chi connectivity index (χ3n) is 3.30. The average Bonchev–Trinajstić information content (AvgIpc) is 2.47. The predicted molar refractivity (Wildman–Crippen MR) is 86.7 cm³/mol. The summed E-state index contributed by atoms with van der Waals surface area (Å²) in [5, 5.41) is 2.91. The molecule has 0 spiro atoms. The van der Waals surface area contributed by atoms with E-state index in [9.17, 15) is 4.79 Å². The van der Waals surface area contributed by atoms with Crippen LogP contribution in [0.25, 0.3) is 0 Å². The van der Waals surface area contributed by atoms with Crippen LogP contribution in [0.3, 0.4) is 0 Å². The molecule has 118 valence electrons. The van der Waals surface area contributed by atoms with Crippen LogP contribution in [-0.4, -0.2) is 37.7 Å². The molecular formula is C16H27N3O2. The van der Waals surface area contributed by atoms with Crippen LogP contribution in [0.2, 0.25) is 0 Å². The van der Waals surface area contributed by atoms with Gasteiger partial charge in [0.05, 0.1) is 12.8 Å². The summed E-state index contributed by atoms with van der Waals surface area (Å²) in [5.41, 5.74) is 6.34. The second-order valence-electron chi connectivity index (χ2n) is 5.92. The van der Waals surface area contributed by atoms with Gasteiger partial charge in [-0.2, -0.15) is 0 Å². The molecule has 5 heteroatoms. The molecule has 0 aliphatic heterocycles. The molecule has 1 aromatic rings. The second kappa shape index (κ2) is 7.88. The Labute approximate surface area is 127 Å². The minimum atomic E-state index is -0.122. The van der Waals surface area contributed by atoms with Gasteiger partial charge in [0.15, 0.2) is 0 Å². The van der Waals surface area contributed by atoms with Gasteiger partial charge in [-0.05, 0) is 30.5 Å². The number of nitrogens with two attached hydrogens (primary N) is 1. The zero-order valence-electron chi connectivity index (χ0n) is 13.5. The number of urea groups is 1. The van der Waals surface area contributed by atoms with Gasteiger partial charge in [0.1, 0.15) is 5.75 Å². The van der Waals surface area contributed by atoms with E-state index in [0.29, 0.717) is 31.1 Å². The molecule has 0 fully saturated rings. The molecule has 0 aliphatic rings. The Hall–Kier alpha value is -1.75. The van der Waals surface area contributed by atoms with Crippen LogP contribution < -0.4 is 15.8 Å². The van der Waals surface area contributed by atoms with Crippen molar-refractivity contribution in [3.63, 3.8) is 0 Å². The number of benzene rings is 1. The van der Waals surface area contributed by atoms with Gasteiger partial charge in [0.2, 0.25) is 0 Å². The molecule has 0 saturated carbocycles. The minimum absolute atomic E-state index is 0.104. The molecule has 2 amide bonds. The summed E-state index contributed by atoms with van der Waals surface area (Å²) in [7, 11) is 1.59. The molecule has 0 aliphatic carbocycles. The van der Waals surface area contributed by atoms with Crippen molar-refractivity contribution in [2.75, 3.05) is 32.1 Å². The van der Waals surface area contributed by atoms with E-state index in [2.05, 4.69) is 26.1 Å². The lowest BCUT2D eigenvalue weighted by molar-refractivity contribution is 0.181. The molecule has 21 heavy (non-hydrogen) atoms. The van der Waals surface area contributed by atoms with Crippen LogP contribution in [0, 0.1) is 5.41 Å². The van der Waals surface area contributed by atoms with Crippen molar-refractivity contribution >= 4 is 11.7 Å². The summed E-state index contributed by atoms with van der Waals surface area (Å²) >= 11 is 0. The lowest BCUT2D eigenvalue weighted by atomic mass is 9.93. The Morgan fingerprint density at radius 2 is 2.05 bits per heavy atom. The van der Waals surface area contributed by atoms with Crippen molar-refractivity contribution in [1.82, 2.24) is 4.90 Å². The quantitative estimate of drug-likeness (QED) is 0.812. The minimum Gasteiger partial charge on any atom is -0.495 e. The predicted octanol–water partition coefficient (Wildman–Crippen LogP) is 2.92. The summed E-state index contributed by atoms with van der Waals surface area (Å²) in [6.45, 7) is 8.04. The fourth-order valence-electron chi connectivity index (χ4n) is 2.05. The molecule has 1 rings (SSSR count). The van der Waals surface area contributed by atoms with Gasteiger partial charge in [-0.3, -0.25) is 0 Å². The summed E-state index contributed by atoms with van der Waals surface area (Å²) in [6.07, 6.45) is 0.903.